The van der Waals surface area contributed by atoms with Gasteiger partial charge < -0.3 is 15.0 Å². The number of carbonyl (C=O) groups is 2. The van der Waals surface area contributed by atoms with Crippen LogP contribution in [-0.2, 0) is 11.3 Å². The lowest BCUT2D eigenvalue weighted by molar-refractivity contribution is -0.117. The first kappa shape index (κ1) is 18.4. The van der Waals surface area contributed by atoms with Gasteiger partial charge >= 0.3 is 0 Å². The normalized spacial score (nSPS) is 10.8. The van der Waals surface area contributed by atoms with Crippen LogP contribution in [0.25, 0.3) is 16.6 Å². The van der Waals surface area contributed by atoms with Crippen LogP contribution < -0.4 is 10.1 Å². The molecule has 29 heavy (non-hydrogen) atoms. The summed E-state index contributed by atoms with van der Waals surface area (Å²) in [6, 6.07) is 14.5. The topological polar surface area (TPSA) is 115 Å². The van der Waals surface area contributed by atoms with E-state index < -0.39 is 11.7 Å². The Balaban J connectivity index is 1.51. The quantitative estimate of drug-likeness (QED) is 0.384. The molecule has 2 aromatic heterocycles. The van der Waals surface area contributed by atoms with Gasteiger partial charge in [-0.1, -0.05) is 18.2 Å². The van der Waals surface area contributed by atoms with Crippen LogP contribution in [-0.4, -0.2) is 44.0 Å². The van der Waals surface area contributed by atoms with Gasteiger partial charge in [0, 0.05) is 16.6 Å². The van der Waals surface area contributed by atoms with Gasteiger partial charge in [-0.05, 0) is 47.7 Å². The second-order valence-electron chi connectivity index (χ2n) is 6.39. The van der Waals surface area contributed by atoms with E-state index in [1.54, 1.807) is 38.3 Å². The molecular formula is C20H18N6O3. The third kappa shape index (κ3) is 3.45. The Morgan fingerprint density at radius 3 is 2.66 bits per heavy atom. The maximum Gasteiger partial charge on any atom is 0.292 e. The van der Waals surface area contributed by atoms with Gasteiger partial charge in [0.25, 0.3) is 11.7 Å². The van der Waals surface area contributed by atoms with Gasteiger partial charge in [0.15, 0.2) is 5.82 Å². The number of aryl methyl sites for hydroxylation is 1. The zero-order valence-corrected chi connectivity index (χ0v) is 15.8. The van der Waals surface area contributed by atoms with Crippen LogP contribution in [0.4, 0.5) is 0 Å². The minimum absolute atomic E-state index is 0.00497. The van der Waals surface area contributed by atoms with E-state index in [0.29, 0.717) is 33.9 Å². The molecule has 0 bridgehead atoms. The van der Waals surface area contributed by atoms with E-state index in [9.17, 15) is 9.59 Å². The lowest BCUT2D eigenvalue weighted by Gasteiger charge is -2.07. The first-order valence-corrected chi connectivity index (χ1v) is 8.90. The number of hydrogen-bond acceptors (Lipinski definition) is 6. The van der Waals surface area contributed by atoms with E-state index in [1.165, 1.54) is 4.68 Å². The lowest BCUT2D eigenvalue weighted by atomic mass is 10.1. The average molecular weight is 390 g/mol. The summed E-state index contributed by atoms with van der Waals surface area (Å²) >= 11 is 0. The number of fused-ring (bicyclic) bond motifs is 1. The number of methoxy groups -OCH3 is 1. The summed E-state index contributed by atoms with van der Waals surface area (Å²) < 4.78 is 6.63. The minimum atomic E-state index is -0.720. The Labute approximate surface area is 165 Å². The molecule has 9 heteroatoms. The van der Waals surface area contributed by atoms with Gasteiger partial charge in [-0.15, -0.1) is 5.10 Å². The number of tetrazole rings is 1. The zero-order chi connectivity index (χ0) is 20.4. The number of rotatable bonds is 6. The number of amides is 1. The van der Waals surface area contributed by atoms with E-state index >= 15 is 0 Å². The second-order valence-corrected chi connectivity index (χ2v) is 6.39. The highest BCUT2D eigenvalue weighted by molar-refractivity contribution is 6.45. The molecule has 0 aliphatic heterocycles. The second kappa shape index (κ2) is 7.55. The number of ether oxygens (including phenoxy) is 1. The van der Waals surface area contributed by atoms with Crippen molar-refractivity contribution in [2.45, 2.75) is 13.5 Å². The van der Waals surface area contributed by atoms with E-state index in [2.05, 4.69) is 25.8 Å². The molecule has 0 spiro atoms. The van der Waals surface area contributed by atoms with Crippen molar-refractivity contribution >= 4 is 22.6 Å². The maximum absolute atomic E-state index is 12.7. The van der Waals surface area contributed by atoms with Gasteiger partial charge in [0.05, 0.1) is 24.9 Å². The smallest absolute Gasteiger partial charge is 0.292 e. The number of carbonyl (C=O) groups excluding carboxylic acids is 2. The first-order valence-electron chi connectivity index (χ1n) is 8.90. The summed E-state index contributed by atoms with van der Waals surface area (Å²) in [5.41, 5.74) is 2.53. The van der Waals surface area contributed by atoms with Crippen molar-refractivity contribution < 1.29 is 14.3 Å². The summed E-state index contributed by atoms with van der Waals surface area (Å²) in [5, 5.41) is 14.9. The molecule has 146 valence electrons. The molecule has 0 unspecified atom stereocenters. The van der Waals surface area contributed by atoms with Crippen molar-refractivity contribution in [3.05, 3.63) is 65.6 Å². The van der Waals surface area contributed by atoms with Crippen LogP contribution in [0.15, 0.2) is 48.5 Å². The summed E-state index contributed by atoms with van der Waals surface area (Å²) in [7, 11) is 1.58. The number of H-pyrrole nitrogens is 1. The Kier molecular flexibility index (Phi) is 4.78. The SMILES string of the molecule is COc1ccc(-n2nnnc2CNC(=O)C(=O)c2c(C)[nH]c3ccccc23)cc1. The summed E-state index contributed by atoms with van der Waals surface area (Å²) in [6.07, 6.45) is 0. The molecule has 0 saturated carbocycles. The van der Waals surface area contributed by atoms with Crippen molar-refractivity contribution in [2.75, 3.05) is 7.11 Å². The van der Waals surface area contributed by atoms with E-state index in [-0.39, 0.29) is 6.54 Å². The van der Waals surface area contributed by atoms with Crippen LogP contribution in [0.3, 0.4) is 0 Å². The van der Waals surface area contributed by atoms with Gasteiger partial charge in [0.1, 0.15) is 5.75 Å². The number of para-hydroxylation sites is 1. The number of aromatic nitrogens is 5. The number of ketones is 1. The van der Waals surface area contributed by atoms with Crippen molar-refractivity contribution in [3.63, 3.8) is 0 Å². The van der Waals surface area contributed by atoms with Crippen molar-refractivity contribution in [1.82, 2.24) is 30.5 Å². The fraction of sp³-hybridized carbons (Fsp3) is 0.150. The summed E-state index contributed by atoms with van der Waals surface area (Å²) in [5.74, 6) is -0.228. The van der Waals surface area contributed by atoms with Gasteiger partial charge in [0.2, 0.25) is 0 Å². The van der Waals surface area contributed by atoms with Gasteiger partial charge in [-0.25, -0.2) is 0 Å². The molecule has 2 N–H and O–H groups in total. The standard InChI is InChI=1S/C20H18N6O3/c1-12-18(15-5-3-4-6-16(15)22-12)19(27)20(28)21-11-17-23-24-25-26(17)13-7-9-14(29-2)10-8-13/h3-10,22H,11H2,1-2H3,(H,21,28). The summed E-state index contributed by atoms with van der Waals surface area (Å²) in [4.78, 5) is 28.3. The molecule has 0 fully saturated rings. The maximum atomic E-state index is 12.7. The average Bonchev–Trinajstić information content (AvgIpc) is 3.34. The predicted molar refractivity (Wildman–Crippen MR) is 105 cm³/mol. The predicted octanol–water partition coefficient (Wildman–Crippen LogP) is 1.96. The molecule has 4 aromatic rings. The van der Waals surface area contributed by atoms with Crippen LogP contribution >= 0.6 is 0 Å². The zero-order valence-electron chi connectivity index (χ0n) is 15.8. The van der Waals surface area contributed by atoms with Crippen LogP contribution in [0, 0.1) is 6.92 Å². The molecule has 0 radical (unpaired) electrons. The van der Waals surface area contributed by atoms with Crippen molar-refractivity contribution in [1.29, 1.82) is 0 Å². The molecule has 0 aliphatic carbocycles. The highest BCUT2D eigenvalue weighted by atomic mass is 16.5. The third-order valence-corrected chi connectivity index (χ3v) is 4.58. The van der Waals surface area contributed by atoms with Crippen LogP contribution in [0.2, 0.25) is 0 Å². The third-order valence-electron chi connectivity index (χ3n) is 4.58. The van der Waals surface area contributed by atoms with E-state index in [0.717, 1.165) is 5.52 Å². The minimum Gasteiger partial charge on any atom is -0.497 e. The number of aromatic amines is 1. The fourth-order valence-electron chi connectivity index (χ4n) is 3.16. The van der Waals surface area contributed by atoms with E-state index in [4.69, 9.17) is 4.74 Å². The Morgan fingerprint density at radius 1 is 1.14 bits per heavy atom. The number of benzene rings is 2. The summed E-state index contributed by atoms with van der Waals surface area (Å²) in [6.45, 7) is 1.77. The molecule has 0 aliphatic rings. The van der Waals surface area contributed by atoms with Crippen LogP contribution in [0.5, 0.6) is 5.75 Å². The number of nitrogens with zero attached hydrogens (tertiary/aromatic N) is 4. The highest BCUT2D eigenvalue weighted by Crippen LogP contribution is 2.22. The molecule has 9 nitrogen and oxygen atoms in total. The Hall–Kier alpha value is -4.01. The Morgan fingerprint density at radius 2 is 1.90 bits per heavy atom. The molecule has 4 rings (SSSR count). The number of Topliss-reactive ketones (excluding diaryl/α,β-unsaturated/α-hetero) is 1. The van der Waals surface area contributed by atoms with Crippen molar-refractivity contribution in [3.8, 4) is 11.4 Å². The lowest BCUT2D eigenvalue weighted by Crippen LogP contribution is -2.31. The fourth-order valence-corrected chi connectivity index (χ4v) is 3.16. The molecule has 2 aromatic carbocycles. The van der Waals surface area contributed by atoms with Gasteiger partial charge in [-0.3, -0.25) is 9.59 Å². The highest BCUT2D eigenvalue weighted by Gasteiger charge is 2.23. The largest absolute Gasteiger partial charge is 0.497 e. The van der Waals surface area contributed by atoms with E-state index in [1.807, 2.05) is 24.3 Å². The molecule has 2 heterocycles. The Bertz CT molecular complexity index is 1190. The van der Waals surface area contributed by atoms with Gasteiger partial charge in [-0.2, -0.15) is 4.68 Å². The monoisotopic (exact) mass is 390 g/mol. The molecule has 1 amide bonds. The van der Waals surface area contributed by atoms with Crippen molar-refractivity contribution in [2.24, 2.45) is 0 Å². The molecular weight excluding hydrogens is 372 g/mol. The molecule has 0 saturated heterocycles. The molecule has 0 atom stereocenters. The number of nitrogens with one attached hydrogen (secondary N) is 2. The van der Waals surface area contributed by atoms with Crippen LogP contribution in [0.1, 0.15) is 21.9 Å². The first-order chi connectivity index (χ1) is 14.1. The number of hydrogen-bond donors (Lipinski definition) is 2.